The van der Waals surface area contributed by atoms with Gasteiger partial charge >= 0.3 is 0 Å². The molecule has 0 bridgehead atoms. The van der Waals surface area contributed by atoms with Gasteiger partial charge in [0.2, 0.25) is 0 Å². The van der Waals surface area contributed by atoms with Crippen molar-refractivity contribution < 1.29 is 9.90 Å². The summed E-state index contributed by atoms with van der Waals surface area (Å²) in [5.74, 6) is 0.119. The lowest BCUT2D eigenvalue weighted by Crippen LogP contribution is -2.27. The molecule has 1 aliphatic carbocycles. The van der Waals surface area contributed by atoms with Crippen molar-refractivity contribution in [1.82, 2.24) is 0 Å². The number of Topliss-reactive ketones (excluding diaryl/α,β-unsaturated/α-hetero) is 1. The van der Waals surface area contributed by atoms with Gasteiger partial charge in [-0.25, -0.2) is 0 Å². The second kappa shape index (κ2) is 6.14. The van der Waals surface area contributed by atoms with Gasteiger partial charge in [-0.1, -0.05) is 56.5 Å². The molecule has 0 aliphatic heterocycles. The Morgan fingerprint density at radius 3 is 2.39 bits per heavy atom. The van der Waals surface area contributed by atoms with E-state index in [1.807, 2.05) is 37.3 Å². The number of carbonyl (C=O) groups is 1. The third kappa shape index (κ3) is 2.99. The van der Waals surface area contributed by atoms with Gasteiger partial charge in [0.15, 0.2) is 0 Å². The molecule has 0 aromatic heterocycles. The van der Waals surface area contributed by atoms with Crippen LogP contribution in [0.4, 0.5) is 0 Å². The predicted molar refractivity (Wildman–Crippen MR) is 72.1 cm³/mol. The Balaban J connectivity index is 2.01. The average molecular weight is 246 g/mol. The molecule has 98 valence electrons. The van der Waals surface area contributed by atoms with E-state index in [0.717, 1.165) is 31.2 Å². The molecule has 0 unspecified atom stereocenters. The number of benzene rings is 1. The van der Waals surface area contributed by atoms with Crippen molar-refractivity contribution in [3.8, 4) is 0 Å². The Kier molecular flexibility index (Phi) is 4.54. The Morgan fingerprint density at radius 2 is 1.78 bits per heavy atom. The minimum atomic E-state index is -0.666. The van der Waals surface area contributed by atoms with Crippen LogP contribution in [0.5, 0.6) is 0 Å². The monoisotopic (exact) mass is 246 g/mol. The van der Waals surface area contributed by atoms with Crippen molar-refractivity contribution in [3.63, 3.8) is 0 Å². The largest absolute Gasteiger partial charge is 0.388 e. The number of rotatable bonds is 4. The van der Waals surface area contributed by atoms with Gasteiger partial charge in [0, 0.05) is 11.8 Å². The maximum Gasteiger partial charge on any atom is 0.141 e. The molecule has 1 aromatic carbocycles. The average Bonchev–Trinajstić information content (AvgIpc) is 2.47. The first-order chi connectivity index (χ1) is 8.70. The van der Waals surface area contributed by atoms with Gasteiger partial charge in [-0.2, -0.15) is 0 Å². The lowest BCUT2D eigenvalue weighted by molar-refractivity contribution is -0.130. The van der Waals surface area contributed by atoms with Crippen molar-refractivity contribution in [3.05, 3.63) is 35.9 Å². The minimum absolute atomic E-state index is 0.173. The van der Waals surface area contributed by atoms with Crippen LogP contribution in [0, 0.1) is 11.8 Å². The summed E-state index contributed by atoms with van der Waals surface area (Å²) in [6.07, 6.45) is 4.91. The highest BCUT2D eigenvalue weighted by Crippen LogP contribution is 2.31. The number of ketones is 1. The fraction of sp³-hybridized carbons (Fsp3) is 0.562. The molecular formula is C16H22O2. The fourth-order valence-electron chi connectivity index (χ4n) is 2.85. The van der Waals surface area contributed by atoms with Crippen molar-refractivity contribution in [1.29, 1.82) is 0 Å². The van der Waals surface area contributed by atoms with Crippen molar-refractivity contribution in [2.75, 3.05) is 0 Å². The number of hydrogen-bond acceptors (Lipinski definition) is 2. The first-order valence-electron chi connectivity index (χ1n) is 6.97. The minimum Gasteiger partial charge on any atom is -0.388 e. The zero-order valence-electron chi connectivity index (χ0n) is 11.0. The standard InChI is InChI=1S/C16H22O2/c1-12(15(17)13-8-4-2-5-9-13)16(18)14-10-6-3-7-11-14/h2,4-5,8-9,12,14-15,17H,3,6-7,10-11H2,1H3/t12-,15-/m0/s1. The molecule has 1 N–H and O–H groups in total. The molecule has 2 nitrogen and oxygen atoms in total. The predicted octanol–water partition coefficient (Wildman–Crippen LogP) is 3.51. The van der Waals surface area contributed by atoms with E-state index >= 15 is 0 Å². The molecule has 1 aromatic rings. The summed E-state index contributed by atoms with van der Waals surface area (Å²) in [6, 6.07) is 9.49. The summed E-state index contributed by atoms with van der Waals surface area (Å²) < 4.78 is 0. The van der Waals surface area contributed by atoms with Crippen molar-refractivity contribution in [2.24, 2.45) is 11.8 Å². The zero-order chi connectivity index (χ0) is 13.0. The maximum absolute atomic E-state index is 12.4. The number of aliphatic hydroxyl groups is 1. The van der Waals surface area contributed by atoms with E-state index in [1.54, 1.807) is 0 Å². The molecule has 2 atom stereocenters. The third-order valence-electron chi connectivity index (χ3n) is 4.07. The number of carbonyl (C=O) groups excluding carboxylic acids is 1. The topological polar surface area (TPSA) is 37.3 Å². The molecule has 0 heterocycles. The molecule has 0 amide bonds. The van der Waals surface area contributed by atoms with Crippen LogP contribution in [0.25, 0.3) is 0 Å². The van der Waals surface area contributed by atoms with Crippen molar-refractivity contribution >= 4 is 5.78 Å². The highest BCUT2D eigenvalue weighted by Gasteiger charge is 2.30. The Labute approximate surface area is 109 Å². The summed E-state index contributed by atoms with van der Waals surface area (Å²) in [5, 5.41) is 10.3. The summed E-state index contributed by atoms with van der Waals surface area (Å²) in [4.78, 5) is 12.4. The highest BCUT2D eigenvalue weighted by atomic mass is 16.3. The quantitative estimate of drug-likeness (QED) is 0.882. The second-order valence-corrected chi connectivity index (χ2v) is 5.38. The van der Waals surface area contributed by atoms with Gasteiger partial charge in [-0.3, -0.25) is 4.79 Å². The van der Waals surface area contributed by atoms with E-state index < -0.39 is 6.10 Å². The molecule has 0 saturated heterocycles. The lowest BCUT2D eigenvalue weighted by atomic mass is 9.79. The van der Waals surface area contributed by atoms with Crippen LogP contribution in [-0.4, -0.2) is 10.9 Å². The van der Waals surface area contributed by atoms with E-state index in [2.05, 4.69) is 0 Å². The highest BCUT2D eigenvalue weighted by molar-refractivity contribution is 5.83. The third-order valence-corrected chi connectivity index (χ3v) is 4.07. The number of aliphatic hydroxyl groups excluding tert-OH is 1. The molecule has 0 radical (unpaired) electrons. The molecule has 2 heteroatoms. The Hall–Kier alpha value is -1.15. The van der Waals surface area contributed by atoms with Crippen LogP contribution in [0.2, 0.25) is 0 Å². The van der Waals surface area contributed by atoms with Gasteiger partial charge in [0.05, 0.1) is 6.10 Å². The van der Waals surface area contributed by atoms with E-state index in [1.165, 1.54) is 6.42 Å². The molecule has 1 saturated carbocycles. The summed E-state index contributed by atoms with van der Waals surface area (Å²) >= 11 is 0. The van der Waals surface area contributed by atoms with Gasteiger partial charge in [0.1, 0.15) is 5.78 Å². The molecule has 0 spiro atoms. The Bertz CT molecular complexity index is 379. The van der Waals surface area contributed by atoms with Gasteiger partial charge in [-0.15, -0.1) is 0 Å². The first-order valence-corrected chi connectivity index (χ1v) is 6.97. The van der Waals surface area contributed by atoms with E-state index in [-0.39, 0.29) is 17.6 Å². The van der Waals surface area contributed by atoms with E-state index in [9.17, 15) is 9.90 Å². The second-order valence-electron chi connectivity index (χ2n) is 5.38. The lowest BCUT2D eigenvalue weighted by Gasteiger charge is -2.26. The van der Waals surface area contributed by atoms with Gasteiger partial charge in [-0.05, 0) is 18.4 Å². The summed E-state index contributed by atoms with van der Waals surface area (Å²) in [7, 11) is 0. The molecule has 1 fully saturated rings. The van der Waals surface area contributed by atoms with Crippen LogP contribution >= 0.6 is 0 Å². The maximum atomic E-state index is 12.4. The smallest absolute Gasteiger partial charge is 0.141 e. The SMILES string of the molecule is C[C@H](C(=O)C1CCCCC1)[C@H](O)c1ccccc1. The van der Waals surface area contributed by atoms with Gasteiger partial charge < -0.3 is 5.11 Å². The normalized spacial score (nSPS) is 20.3. The van der Waals surface area contributed by atoms with Gasteiger partial charge in [0.25, 0.3) is 0 Å². The Morgan fingerprint density at radius 1 is 1.17 bits per heavy atom. The molecular weight excluding hydrogens is 224 g/mol. The first kappa shape index (κ1) is 13.3. The van der Waals surface area contributed by atoms with Crippen molar-refractivity contribution in [2.45, 2.75) is 45.1 Å². The van der Waals surface area contributed by atoms with E-state index in [0.29, 0.717) is 0 Å². The summed E-state index contributed by atoms with van der Waals surface area (Å²) in [5.41, 5.74) is 0.842. The van der Waals surface area contributed by atoms with Crippen LogP contribution in [0.1, 0.15) is 50.7 Å². The van der Waals surface area contributed by atoms with Crippen LogP contribution < -0.4 is 0 Å². The molecule has 1 aliphatic rings. The number of hydrogen-bond donors (Lipinski definition) is 1. The van der Waals surface area contributed by atoms with Crippen LogP contribution in [-0.2, 0) is 4.79 Å². The van der Waals surface area contributed by atoms with E-state index in [4.69, 9.17) is 0 Å². The zero-order valence-corrected chi connectivity index (χ0v) is 11.0. The summed E-state index contributed by atoms with van der Waals surface area (Å²) in [6.45, 7) is 1.86. The van der Waals surface area contributed by atoms with Crippen LogP contribution in [0.3, 0.4) is 0 Å². The molecule has 18 heavy (non-hydrogen) atoms. The fourth-order valence-corrected chi connectivity index (χ4v) is 2.85. The van der Waals surface area contributed by atoms with Crippen LogP contribution in [0.15, 0.2) is 30.3 Å². The molecule has 2 rings (SSSR count).